The van der Waals surface area contributed by atoms with Crippen LogP contribution in [-0.4, -0.2) is 50.6 Å². The number of nitriles is 1. The minimum absolute atomic E-state index is 0.00762. The summed E-state index contributed by atoms with van der Waals surface area (Å²) in [7, 11) is 0. The number of rotatable bonds is 4. The lowest BCUT2D eigenvalue weighted by molar-refractivity contribution is -0.141. The Bertz CT molecular complexity index is 569. The third kappa shape index (κ3) is 3.81. The van der Waals surface area contributed by atoms with Crippen molar-refractivity contribution < 1.29 is 14.7 Å². The van der Waals surface area contributed by atoms with Gasteiger partial charge in [0.25, 0.3) is 0 Å². The molecule has 0 aromatic heterocycles. The first-order valence-electron chi connectivity index (χ1n) is 9.09. The second kappa shape index (κ2) is 7.47. The fraction of sp³-hybridized carbons (Fsp3) is 0.737. The molecular weight excluding hydrogens is 318 g/mol. The van der Waals surface area contributed by atoms with Gasteiger partial charge in [0, 0.05) is 5.54 Å². The minimum Gasteiger partial charge on any atom is -0.465 e. The first-order valence-corrected chi connectivity index (χ1v) is 9.09. The summed E-state index contributed by atoms with van der Waals surface area (Å²) in [6.45, 7) is 9.23. The Morgan fingerprint density at radius 1 is 1.28 bits per heavy atom. The summed E-state index contributed by atoms with van der Waals surface area (Å²) < 4.78 is 0. The molecule has 138 valence electrons. The Morgan fingerprint density at radius 2 is 1.88 bits per heavy atom. The summed E-state index contributed by atoms with van der Waals surface area (Å²) in [5.74, 6) is -0.230. The quantitative estimate of drug-likeness (QED) is 0.790. The largest absolute Gasteiger partial charge is 0.465 e. The van der Waals surface area contributed by atoms with Crippen LogP contribution < -0.4 is 0 Å². The van der Waals surface area contributed by atoms with Gasteiger partial charge < -0.3 is 10.0 Å². The fourth-order valence-electron chi connectivity index (χ4n) is 4.29. The maximum absolute atomic E-state index is 13.5. The van der Waals surface area contributed by atoms with Gasteiger partial charge in [0.05, 0.1) is 12.1 Å². The zero-order valence-corrected chi connectivity index (χ0v) is 15.4. The van der Waals surface area contributed by atoms with Crippen LogP contribution in [-0.2, 0) is 4.79 Å². The van der Waals surface area contributed by atoms with E-state index in [-0.39, 0.29) is 17.9 Å². The van der Waals surface area contributed by atoms with E-state index in [0.717, 1.165) is 25.7 Å². The topological polar surface area (TPSA) is 84.6 Å². The molecule has 0 bridgehead atoms. The van der Waals surface area contributed by atoms with Gasteiger partial charge in [0.15, 0.2) is 0 Å². The van der Waals surface area contributed by atoms with Gasteiger partial charge in [-0.1, -0.05) is 18.9 Å². The predicted octanol–water partition coefficient (Wildman–Crippen LogP) is 3.39. The number of carboxylic acid groups (broad SMARTS) is 1. The van der Waals surface area contributed by atoms with E-state index in [0.29, 0.717) is 12.8 Å². The number of likely N-dealkylation sites (tertiary alicyclic amines) is 1. The molecule has 2 fully saturated rings. The first kappa shape index (κ1) is 19.3. The Balaban J connectivity index is 2.44. The van der Waals surface area contributed by atoms with Gasteiger partial charge in [-0.2, -0.15) is 5.26 Å². The average molecular weight is 347 g/mol. The lowest BCUT2D eigenvalue weighted by Crippen LogP contribution is -2.61. The minimum atomic E-state index is -1.08. The van der Waals surface area contributed by atoms with E-state index in [1.807, 2.05) is 20.8 Å². The maximum atomic E-state index is 13.5. The molecule has 25 heavy (non-hydrogen) atoms. The second-order valence-electron chi connectivity index (χ2n) is 8.08. The molecule has 0 unspecified atom stereocenters. The van der Waals surface area contributed by atoms with Crippen molar-refractivity contribution >= 4 is 12.0 Å². The van der Waals surface area contributed by atoms with Crippen LogP contribution in [0.4, 0.5) is 4.79 Å². The monoisotopic (exact) mass is 347 g/mol. The molecular formula is C19H29N3O3. The number of nitrogens with zero attached hydrogens (tertiary/aromatic N) is 3. The van der Waals surface area contributed by atoms with Gasteiger partial charge in [-0.15, -0.1) is 6.58 Å². The normalized spacial score (nSPS) is 25.4. The molecule has 0 radical (unpaired) electrons. The molecule has 2 rings (SSSR count). The summed E-state index contributed by atoms with van der Waals surface area (Å²) in [4.78, 5) is 28.4. The van der Waals surface area contributed by atoms with Crippen molar-refractivity contribution in [1.82, 2.24) is 9.80 Å². The van der Waals surface area contributed by atoms with Gasteiger partial charge in [0.1, 0.15) is 12.1 Å². The Kier molecular flexibility index (Phi) is 5.76. The van der Waals surface area contributed by atoms with Gasteiger partial charge >= 0.3 is 6.09 Å². The smallest absolute Gasteiger partial charge is 0.408 e. The van der Waals surface area contributed by atoms with Crippen molar-refractivity contribution in [2.45, 2.75) is 83.0 Å². The summed E-state index contributed by atoms with van der Waals surface area (Å²) in [5.41, 5.74) is -0.694. The van der Waals surface area contributed by atoms with E-state index < -0.39 is 23.7 Å². The third-order valence-corrected chi connectivity index (χ3v) is 5.41. The molecule has 1 N–H and O–H groups in total. The SMILES string of the molecule is C=C[C@H]1CC[C@@H](C#N)N1C(=O)[C@H](C1CCCC1)N(C(=O)O)C(C)(C)C. The number of carbonyl (C=O) groups is 2. The highest BCUT2D eigenvalue weighted by Crippen LogP contribution is 2.36. The molecule has 1 saturated heterocycles. The Labute approximate surface area is 150 Å². The molecule has 0 spiro atoms. The highest BCUT2D eigenvalue weighted by molar-refractivity contribution is 5.87. The number of hydrogen-bond acceptors (Lipinski definition) is 3. The van der Waals surface area contributed by atoms with Crippen molar-refractivity contribution in [3.63, 3.8) is 0 Å². The lowest BCUT2D eigenvalue weighted by Gasteiger charge is -2.43. The van der Waals surface area contributed by atoms with Crippen LogP contribution in [0.3, 0.4) is 0 Å². The molecule has 1 saturated carbocycles. The number of carbonyl (C=O) groups excluding carboxylic acids is 1. The summed E-state index contributed by atoms with van der Waals surface area (Å²) in [6.07, 6.45) is 5.65. The molecule has 0 aromatic rings. The Hall–Kier alpha value is -2.03. The van der Waals surface area contributed by atoms with E-state index in [9.17, 15) is 20.0 Å². The summed E-state index contributed by atoms with van der Waals surface area (Å²) in [6, 6.07) is 0.761. The molecule has 1 heterocycles. The fourth-order valence-corrected chi connectivity index (χ4v) is 4.29. The van der Waals surface area contributed by atoms with Crippen LogP contribution >= 0.6 is 0 Å². The van der Waals surface area contributed by atoms with E-state index in [1.54, 1.807) is 11.0 Å². The Morgan fingerprint density at radius 3 is 2.32 bits per heavy atom. The van der Waals surface area contributed by atoms with E-state index in [2.05, 4.69) is 12.6 Å². The van der Waals surface area contributed by atoms with Crippen LogP contribution in [0.1, 0.15) is 59.3 Å². The molecule has 2 aliphatic rings. The van der Waals surface area contributed by atoms with Crippen molar-refractivity contribution in [2.24, 2.45) is 5.92 Å². The van der Waals surface area contributed by atoms with Crippen LogP contribution in [0, 0.1) is 17.2 Å². The molecule has 2 amide bonds. The summed E-state index contributed by atoms with van der Waals surface area (Å²) in [5, 5.41) is 19.3. The number of amides is 2. The average Bonchev–Trinajstić information content (AvgIpc) is 3.18. The van der Waals surface area contributed by atoms with Gasteiger partial charge in [-0.3, -0.25) is 9.69 Å². The van der Waals surface area contributed by atoms with Crippen molar-refractivity contribution in [1.29, 1.82) is 5.26 Å². The molecule has 1 aliphatic heterocycles. The van der Waals surface area contributed by atoms with Crippen LogP contribution in [0.2, 0.25) is 0 Å². The standard InChI is InChI=1S/C19H29N3O3/c1-5-14-10-11-15(12-20)21(14)17(23)16(13-8-6-7-9-13)22(18(24)25)19(2,3)4/h5,13-16H,1,6-11H2,2-4H3,(H,24,25)/t14-,15-,16-/m0/s1. The van der Waals surface area contributed by atoms with Gasteiger partial charge in [0.2, 0.25) is 5.91 Å². The zero-order valence-electron chi connectivity index (χ0n) is 15.4. The van der Waals surface area contributed by atoms with E-state index in [4.69, 9.17) is 0 Å². The van der Waals surface area contributed by atoms with E-state index in [1.165, 1.54) is 4.90 Å². The molecule has 1 aliphatic carbocycles. The van der Waals surface area contributed by atoms with Crippen LogP contribution in [0.5, 0.6) is 0 Å². The first-order chi connectivity index (χ1) is 11.7. The highest BCUT2D eigenvalue weighted by Gasteiger charge is 2.47. The maximum Gasteiger partial charge on any atom is 0.408 e. The lowest BCUT2D eigenvalue weighted by atomic mass is 9.91. The van der Waals surface area contributed by atoms with Crippen molar-refractivity contribution in [3.05, 3.63) is 12.7 Å². The molecule has 6 nitrogen and oxygen atoms in total. The third-order valence-electron chi connectivity index (χ3n) is 5.41. The van der Waals surface area contributed by atoms with Crippen LogP contribution in [0.15, 0.2) is 12.7 Å². The van der Waals surface area contributed by atoms with E-state index >= 15 is 0 Å². The molecule has 3 atom stereocenters. The van der Waals surface area contributed by atoms with Crippen LogP contribution in [0.25, 0.3) is 0 Å². The van der Waals surface area contributed by atoms with Crippen molar-refractivity contribution in [3.8, 4) is 6.07 Å². The van der Waals surface area contributed by atoms with Gasteiger partial charge in [-0.25, -0.2) is 4.79 Å². The van der Waals surface area contributed by atoms with Crippen molar-refractivity contribution in [2.75, 3.05) is 0 Å². The summed E-state index contributed by atoms with van der Waals surface area (Å²) >= 11 is 0. The predicted molar refractivity (Wildman–Crippen MR) is 94.8 cm³/mol. The molecule has 0 aromatic carbocycles. The van der Waals surface area contributed by atoms with Gasteiger partial charge in [-0.05, 0) is 52.4 Å². The zero-order chi connectivity index (χ0) is 18.8. The number of hydrogen-bond donors (Lipinski definition) is 1. The second-order valence-corrected chi connectivity index (χ2v) is 8.08. The molecule has 6 heteroatoms. The highest BCUT2D eigenvalue weighted by atomic mass is 16.4.